The van der Waals surface area contributed by atoms with Crippen LogP contribution in [0.3, 0.4) is 0 Å². The van der Waals surface area contributed by atoms with Crippen LogP contribution in [0.4, 0.5) is 8.78 Å². The lowest BCUT2D eigenvalue weighted by Gasteiger charge is -2.43. The molecule has 21 heavy (non-hydrogen) atoms. The van der Waals surface area contributed by atoms with Gasteiger partial charge in [0.1, 0.15) is 0 Å². The van der Waals surface area contributed by atoms with Crippen molar-refractivity contribution in [3.8, 4) is 0 Å². The maximum Gasteiger partial charge on any atom is 0.162 e. The molecule has 0 bridgehead atoms. The van der Waals surface area contributed by atoms with Crippen LogP contribution in [0.2, 0.25) is 0 Å². The maximum atomic E-state index is 13.8. The summed E-state index contributed by atoms with van der Waals surface area (Å²) in [6.45, 7) is 4.77. The second-order valence-electron chi connectivity index (χ2n) is 6.20. The van der Waals surface area contributed by atoms with Gasteiger partial charge in [0.15, 0.2) is 11.6 Å². The quantitative estimate of drug-likeness (QED) is 0.896. The lowest BCUT2D eigenvalue weighted by atomic mass is 9.74. The fourth-order valence-corrected chi connectivity index (χ4v) is 3.29. The summed E-state index contributed by atoms with van der Waals surface area (Å²) < 4.78 is 33.1. The zero-order valence-corrected chi connectivity index (χ0v) is 12.9. The number of nitrogens with two attached hydrogens (primary N) is 1. The largest absolute Gasteiger partial charge is 0.374 e. The molecule has 1 aliphatic rings. The third-order valence-electron chi connectivity index (χ3n) is 4.70. The Labute approximate surface area is 125 Å². The Balaban J connectivity index is 2.15. The van der Waals surface area contributed by atoms with E-state index in [1.54, 1.807) is 6.07 Å². The van der Waals surface area contributed by atoms with Crippen LogP contribution in [-0.2, 0) is 11.2 Å². The van der Waals surface area contributed by atoms with Crippen LogP contribution >= 0.6 is 0 Å². The van der Waals surface area contributed by atoms with Gasteiger partial charge < -0.3 is 10.5 Å². The van der Waals surface area contributed by atoms with Crippen LogP contribution < -0.4 is 5.73 Å². The van der Waals surface area contributed by atoms with E-state index in [9.17, 15) is 8.78 Å². The third kappa shape index (κ3) is 3.61. The third-order valence-corrected chi connectivity index (χ3v) is 4.70. The molecule has 1 aromatic rings. The Bertz CT molecular complexity index is 470. The molecule has 1 fully saturated rings. The first kappa shape index (κ1) is 16.4. The van der Waals surface area contributed by atoms with Gasteiger partial charge in [-0.3, -0.25) is 0 Å². The van der Waals surface area contributed by atoms with Crippen molar-refractivity contribution in [3.63, 3.8) is 0 Å². The first-order valence-corrected chi connectivity index (χ1v) is 7.81. The summed E-state index contributed by atoms with van der Waals surface area (Å²) in [5.41, 5.74) is 6.28. The monoisotopic (exact) mass is 297 g/mol. The van der Waals surface area contributed by atoms with Crippen molar-refractivity contribution >= 4 is 0 Å². The summed E-state index contributed by atoms with van der Waals surface area (Å²) in [4.78, 5) is 0. The molecule has 0 saturated heterocycles. The minimum Gasteiger partial charge on any atom is -0.374 e. The SMILES string of the molecule is CCOC1(C(N)Cc2cccc(F)c2F)CCC(C)CC1. The van der Waals surface area contributed by atoms with Gasteiger partial charge in [-0.2, -0.15) is 0 Å². The Morgan fingerprint density at radius 3 is 2.62 bits per heavy atom. The molecule has 1 saturated carbocycles. The zero-order valence-electron chi connectivity index (χ0n) is 12.9. The van der Waals surface area contributed by atoms with Gasteiger partial charge in [-0.15, -0.1) is 0 Å². The number of halogens is 2. The molecule has 0 aliphatic heterocycles. The molecule has 1 aromatic carbocycles. The lowest BCUT2D eigenvalue weighted by Crippen LogP contribution is -2.53. The first-order chi connectivity index (χ1) is 9.98. The van der Waals surface area contributed by atoms with Crippen molar-refractivity contribution in [2.75, 3.05) is 6.61 Å². The molecule has 1 atom stereocenters. The second kappa shape index (κ2) is 6.84. The van der Waals surface area contributed by atoms with Crippen molar-refractivity contribution in [2.24, 2.45) is 11.7 Å². The highest BCUT2D eigenvalue weighted by Crippen LogP contribution is 2.37. The molecule has 2 nitrogen and oxygen atoms in total. The van der Waals surface area contributed by atoms with Gasteiger partial charge >= 0.3 is 0 Å². The predicted molar refractivity (Wildman–Crippen MR) is 80.0 cm³/mol. The smallest absolute Gasteiger partial charge is 0.162 e. The van der Waals surface area contributed by atoms with Crippen molar-refractivity contribution in [2.45, 2.75) is 57.6 Å². The average Bonchev–Trinajstić information content (AvgIpc) is 2.46. The molecule has 0 spiro atoms. The molecule has 0 radical (unpaired) electrons. The first-order valence-electron chi connectivity index (χ1n) is 7.81. The summed E-state index contributed by atoms with van der Waals surface area (Å²) in [5.74, 6) is -0.928. The number of ether oxygens (including phenoxy) is 1. The van der Waals surface area contributed by atoms with E-state index in [1.165, 1.54) is 6.07 Å². The fraction of sp³-hybridized carbons (Fsp3) is 0.647. The molecule has 4 heteroatoms. The molecule has 0 heterocycles. The number of benzene rings is 1. The summed E-state index contributed by atoms with van der Waals surface area (Å²) in [6, 6.07) is 3.94. The van der Waals surface area contributed by atoms with Crippen LogP contribution in [0.5, 0.6) is 0 Å². The van der Waals surface area contributed by atoms with Gasteiger partial charge in [0.2, 0.25) is 0 Å². The van der Waals surface area contributed by atoms with Crippen LogP contribution in [0.25, 0.3) is 0 Å². The highest BCUT2D eigenvalue weighted by molar-refractivity contribution is 5.21. The highest BCUT2D eigenvalue weighted by atomic mass is 19.2. The van der Waals surface area contributed by atoms with E-state index < -0.39 is 17.2 Å². The van der Waals surface area contributed by atoms with Crippen LogP contribution in [0, 0.1) is 17.6 Å². The lowest BCUT2D eigenvalue weighted by molar-refractivity contribution is -0.0884. The van der Waals surface area contributed by atoms with Gasteiger partial charge in [0, 0.05) is 12.6 Å². The van der Waals surface area contributed by atoms with E-state index in [2.05, 4.69) is 6.92 Å². The van der Waals surface area contributed by atoms with Crippen LogP contribution in [0.1, 0.15) is 45.1 Å². The van der Waals surface area contributed by atoms with Crippen LogP contribution in [-0.4, -0.2) is 18.2 Å². The van der Waals surface area contributed by atoms with E-state index in [-0.39, 0.29) is 6.04 Å². The summed E-state index contributed by atoms with van der Waals surface area (Å²) >= 11 is 0. The standard InChI is InChI=1S/C17H25F2NO/c1-3-21-17(9-7-12(2)8-10-17)15(20)11-13-5-4-6-14(18)16(13)19/h4-6,12,15H,3,7-11,20H2,1-2H3. The van der Waals surface area contributed by atoms with Gasteiger partial charge in [0.05, 0.1) is 5.60 Å². The Kier molecular flexibility index (Phi) is 5.33. The Morgan fingerprint density at radius 1 is 1.33 bits per heavy atom. The number of hydrogen-bond acceptors (Lipinski definition) is 2. The average molecular weight is 297 g/mol. The minimum absolute atomic E-state index is 0.304. The molecule has 118 valence electrons. The Hall–Kier alpha value is -1.00. The van der Waals surface area contributed by atoms with Crippen LogP contribution in [0.15, 0.2) is 18.2 Å². The molecule has 0 aromatic heterocycles. The van der Waals surface area contributed by atoms with Crippen molar-refractivity contribution in [1.29, 1.82) is 0 Å². The normalized spacial score (nSPS) is 27.6. The zero-order chi connectivity index (χ0) is 15.5. The van der Waals surface area contributed by atoms with Crippen molar-refractivity contribution in [1.82, 2.24) is 0 Å². The fourth-order valence-electron chi connectivity index (χ4n) is 3.29. The Morgan fingerprint density at radius 2 is 2.00 bits per heavy atom. The van der Waals surface area contributed by atoms with Gasteiger partial charge in [-0.1, -0.05) is 19.1 Å². The molecule has 1 aliphatic carbocycles. The molecule has 0 amide bonds. The van der Waals surface area contributed by atoms with E-state index in [1.807, 2.05) is 6.92 Å². The predicted octanol–water partition coefficient (Wildman–Crippen LogP) is 3.82. The molecular weight excluding hydrogens is 272 g/mol. The van der Waals surface area contributed by atoms with Gasteiger partial charge in [-0.25, -0.2) is 8.78 Å². The molecule has 2 N–H and O–H groups in total. The highest BCUT2D eigenvalue weighted by Gasteiger charge is 2.40. The minimum atomic E-state index is -0.817. The van der Waals surface area contributed by atoms with Gasteiger partial charge in [-0.05, 0) is 56.6 Å². The summed E-state index contributed by atoms with van der Waals surface area (Å²) in [7, 11) is 0. The maximum absolute atomic E-state index is 13.8. The topological polar surface area (TPSA) is 35.2 Å². The van der Waals surface area contributed by atoms with Crippen molar-refractivity contribution < 1.29 is 13.5 Å². The summed E-state index contributed by atoms with van der Waals surface area (Å²) in [6.07, 6.45) is 4.22. The van der Waals surface area contributed by atoms with E-state index in [4.69, 9.17) is 10.5 Å². The second-order valence-corrected chi connectivity index (χ2v) is 6.20. The van der Waals surface area contributed by atoms with E-state index in [0.717, 1.165) is 31.7 Å². The van der Waals surface area contributed by atoms with E-state index in [0.29, 0.717) is 24.5 Å². The number of hydrogen-bond donors (Lipinski definition) is 1. The van der Waals surface area contributed by atoms with Gasteiger partial charge in [0.25, 0.3) is 0 Å². The van der Waals surface area contributed by atoms with Crippen molar-refractivity contribution in [3.05, 3.63) is 35.4 Å². The molecule has 2 rings (SSSR count). The molecular formula is C17H25F2NO. The molecule has 1 unspecified atom stereocenters. The number of rotatable bonds is 5. The van der Waals surface area contributed by atoms with E-state index >= 15 is 0 Å². The summed E-state index contributed by atoms with van der Waals surface area (Å²) in [5, 5.41) is 0.